The zero-order chi connectivity index (χ0) is 11.1. The first-order chi connectivity index (χ1) is 7.00. The number of hydrogen-bond acceptors (Lipinski definition) is 2. The summed E-state index contributed by atoms with van der Waals surface area (Å²) in [6.07, 6.45) is 3.80. The lowest BCUT2D eigenvalue weighted by Gasteiger charge is -2.29. The Morgan fingerprint density at radius 1 is 1.40 bits per heavy atom. The molecule has 1 aliphatic carbocycles. The normalized spacial score (nSPS) is 34.7. The summed E-state index contributed by atoms with van der Waals surface area (Å²) in [4.78, 5) is 14.1. The van der Waals surface area contributed by atoms with E-state index >= 15 is 0 Å². The lowest BCUT2D eigenvalue weighted by molar-refractivity contribution is -0.137. The molecule has 86 valence electrons. The Balaban J connectivity index is 2.02. The van der Waals surface area contributed by atoms with Gasteiger partial charge in [-0.3, -0.25) is 4.79 Å². The molecule has 0 aromatic rings. The van der Waals surface area contributed by atoms with E-state index in [2.05, 4.69) is 13.8 Å². The molecule has 1 saturated heterocycles. The average molecular weight is 211 g/mol. The van der Waals surface area contributed by atoms with Gasteiger partial charge in [0.1, 0.15) is 0 Å². The summed E-state index contributed by atoms with van der Waals surface area (Å²) in [5.74, 6) is 0.455. The van der Waals surface area contributed by atoms with Crippen molar-refractivity contribution in [3.8, 4) is 0 Å². The molecule has 2 atom stereocenters. The zero-order valence-corrected chi connectivity index (χ0v) is 9.70. The second-order valence-electron chi connectivity index (χ2n) is 5.66. The zero-order valence-electron chi connectivity index (χ0n) is 9.70. The first-order valence-electron chi connectivity index (χ1n) is 5.97. The van der Waals surface area contributed by atoms with Crippen LogP contribution in [0.3, 0.4) is 0 Å². The SMILES string of the molecule is CC1(C)CCCC1C(=O)N1CCC(O)C1. The van der Waals surface area contributed by atoms with Crippen LogP contribution in [0.5, 0.6) is 0 Å². The van der Waals surface area contributed by atoms with Crippen molar-refractivity contribution < 1.29 is 9.90 Å². The monoisotopic (exact) mass is 211 g/mol. The van der Waals surface area contributed by atoms with Crippen molar-refractivity contribution in [1.82, 2.24) is 4.90 Å². The predicted molar refractivity (Wildman–Crippen MR) is 58.3 cm³/mol. The van der Waals surface area contributed by atoms with Crippen LogP contribution in [0.25, 0.3) is 0 Å². The summed E-state index contributed by atoms with van der Waals surface area (Å²) < 4.78 is 0. The van der Waals surface area contributed by atoms with Crippen LogP contribution in [0, 0.1) is 11.3 Å². The van der Waals surface area contributed by atoms with Crippen molar-refractivity contribution in [2.45, 2.75) is 45.6 Å². The third-order valence-electron chi connectivity index (χ3n) is 4.03. The summed E-state index contributed by atoms with van der Waals surface area (Å²) in [7, 11) is 0. The second kappa shape index (κ2) is 3.78. The minimum atomic E-state index is -0.293. The highest BCUT2D eigenvalue weighted by atomic mass is 16.3. The average Bonchev–Trinajstić information content (AvgIpc) is 2.70. The van der Waals surface area contributed by atoms with Crippen LogP contribution in [0.15, 0.2) is 0 Å². The minimum Gasteiger partial charge on any atom is -0.391 e. The molecule has 0 aromatic heterocycles. The van der Waals surface area contributed by atoms with Crippen molar-refractivity contribution in [2.24, 2.45) is 11.3 Å². The molecule has 1 N–H and O–H groups in total. The number of nitrogens with zero attached hydrogens (tertiary/aromatic N) is 1. The highest BCUT2D eigenvalue weighted by Crippen LogP contribution is 2.43. The topological polar surface area (TPSA) is 40.5 Å². The van der Waals surface area contributed by atoms with Gasteiger partial charge in [0.2, 0.25) is 5.91 Å². The molecule has 3 heteroatoms. The molecule has 3 nitrogen and oxygen atoms in total. The van der Waals surface area contributed by atoms with Gasteiger partial charge in [0.15, 0.2) is 0 Å². The summed E-state index contributed by atoms with van der Waals surface area (Å²) in [5, 5.41) is 9.43. The molecule has 1 aliphatic heterocycles. The number of hydrogen-bond donors (Lipinski definition) is 1. The fourth-order valence-corrected chi connectivity index (χ4v) is 2.95. The first-order valence-corrected chi connectivity index (χ1v) is 5.97. The molecule has 0 radical (unpaired) electrons. The third kappa shape index (κ3) is 2.03. The number of likely N-dealkylation sites (tertiary alicyclic amines) is 1. The van der Waals surface area contributed by atoms with E-state index in [0.29, 0.717) is 6.54 Å². The van der Waals surface area contributed by atoms with Gasteiger partial charge in [0.25, 0.3) is 0 Å². The van der Waals surface area contributed by atoms with Gasteiger partial charge in [-0.05, 0) is 24.7 Å². The fraction of sp³-hybridized carbons (Fsp3) is 0.917. The van der Waals surface area contributed by atoms with E-state index in [0.717, 1.165) is 25.8 Å². The molecule has 1 heterocycles. The first kappa shape index (κ1) is 10.9. The second-order valence-corrected chi connectivity index (χ2v) is 5.66. The molecule has 0 bridgehead atoms. The Morgan fingerprint density at radius 2 is 2.13 bits per heavy atom. The Morgan fingerprint density at radius 3 is 2.60 bits per heavy atom. The lowest BCUT2D eigenvalue weighted by Crippen LogP contribution is -2.39. The Labute approximate surface area is 91.5 Å². The number of aliphatic hydroxyl groups excluding tert-OH is 1. The predicted octanol–water partition coefficient (Wildman–Crippen LogP) is 1.41. The molecule has 2 fully saturated rings. The lowest BCUT2D eigenvalue weighted by atomic mass is 9.81. The number of amides is 1. The molecular weight excluding hydrogens is 190 g/mol. The van der Waals surface area contributed by atoms with Crippen LogP contribution < -0.4 is 0 Å². The van der Waals surface area contributed by atoms with Crippen LogP contribution >= 0.6 is 0 Å². The van der Waals surface area contributed by atoms with E-state index in [9.17, 15) is 9.90 Å². The molecule has 1 saturated carbocycles. The van der Waals surface area contributed by atoms with Crippen molar-refractivity contribution >= 4 is 5.91 Å². The van der Waals surface area contributed by atoms with E-state index < -0.39 is 0 Å². The van der Waals surface area contributed by atoms with Crippen molar-refractivity contribution in [1.29, 1.82) is 0 Å². The van der Waals surface area contributed by atoms with E-state index in [1.54, 1.807) is 0 Å². The largest absolute Gasteiger partial charge is 0.391 e. The molecule has 2 aliphatic rings. The minimum absolute atomic E-state index is 0.157. The van der Waals surface area contributed by atoms with Crippen LogP contribution in [0.2, 0.25) is 0 Å². The molecular formula is C12H21NO2. The van der Waals surface area contributed by atoms with Crippen molar-refractivity contribution in [3.05, 3.63) is 0 Å². The maximum atomic E-state index is 12.2. The van der Waals surface area contributed by atoms with Gasteiger partial charge in [0, 0.05) is 19.0 Å². The maximum absolute atomic E-state index is 12.2. The molecule has 2 unspecified atom stereocenters. The third-order valence-corrected chi connectivity index (χ3v) is 4.03. The van der Waals surface area contributed by atoms with Crippen LogP contribution in [0.1, 0.15) is 39.5 Å². The molecule has 2 rings (SSSR count). The Bertz CT molecular complexity index is 262. The van der Waals surface area contributed by atoms with Crippen LogP contribution in [0.4, 0.5) is 0 Å². The number of β-amino-alcohol motifs (C(OH)–C–C–N with tert-alkyl or cyclic N) is 1. The van der Waals surface area contributed by atoms with Crippen molar-refractivity contribution in [3.63, 3.8) is 0 Å². The summed E-state index contributed by atoms with van der Waals surface area (Å²) >= 11 is 0. The fourth-order valence-electron chi connectivity index (χ4n) is 2.95. The van der Waals surface area contributed by atoms with E-state index in [1.807, 2.05) is 4.90 Å². The molecule has 0 aromatic carbocycles. The van der Waals surface area contributed by atoms with Gasteiger partial charge in [-0.2, -0.15) is 0 Å². The van der Waals surface area contributed by atoms with Gasteiger partial charge >= 0.3 is 0 Å². The van der Waals surface area contributed by atoms with Crippen molar-refractivity contribution in [2.75, 3.05) is 13.1 Å². The molecule has 0 spiro atoms. The van der Waals surface area contributed by atoms with E-state index in [-0.39, 0.29) is 23.3 Å². The summed E-state index contributed by atoms with van der Waals surface area (Å²) in [5.41, 5.74) is 0.157. The summed E-state index contributed by atoms with van der Waals surface area (Å²) in [6.45, 7) is 5.67. The van der Waals surface area contributed by atoms with Gasteiger partial charge in [0.05, 0.1) is 6.10 Å². The van der Waals surface area contributed by atoms with Gasteiger partial charge < -0.3 is 10.0 Å². The van der Waals surface area contributed by atoms with E-state index in [4.69, 9.17) is 0 Å². The summed E-state index contributed by atoms with van der Waals surface area (Å²) in [6, 6.07) is 0. The highest BCUT2D eigenvalue weighted by molar-refractivity contribution is 5.80. The maximum Gasteiger partial charge on any atom is 0.226 e. The number of aliphatic hydroxyl groups is 1. The van der Waals surface area contributed by atoms with Gasteiger partial charge in [-0.15, -0.1) is 0 Å². The molecule has 15 heavy (non-hydrogen) atoms. The number of carbonyl (C=O) groups is 1. The van der Waals surface area contributed by atoms with Crippen LogP contribution in [-0.4, -0.2) is 35.1 Å². The highest BCUT2D eigenvalue weighted by Gasteiger charge is 2.42. The van der Waals surface area contributed by atoms with Gasteiger partial charge in [-0.1, -0.05) is 20.3 Å². The number of carbonyl (C=O) groups excluding carboxylic acids is 1. The standard InChI is InChI=1S/C12H21NO2/c1-12(2)6-3-4-10(12)11(15)13-7-5-9(14)8-13/h9-10,14H,3-8H2,1-2H3. The van der Waals surface area contributed by atoms with Gasteiger partial charge in [-0.25, -0.2) is 0 Å². The quantitative estimate of drug-likeness (QED) is 0.712. The van der Waals surface area contributed by atoms with E-state index in [1.165, 1.54) is 6.42 Å². The number of rotatable bonds is 1. The Kier molecular flexibility index (Phi) is 2.75. The van der Waals surface area contributed by atoms with Crippen LogP contribution in [-0.2, 0) is 4.79 Å². The Hall–Kier alpha value is -0.570. The molecule has 1 amide bonds. The smallest absolute Gasteiger partial charge is 0.226 e.